The van der Waals surface area contributed by atoms with Crippen molar-refractivity contribution in [1.82, 2.24) is 19.7 Å². The Morgan fingerprint density at radius 3 is 2.69 bits per heavy atom. The number of aromatic amines is 1. The van der Waals surface area contributed by atoms with Gasteiger partial charge in [0.05, 0.1) is 17.6 Å². The molecule has 0 atom stereocenters. The molecular weight excluding hydrogens is 497 g/mol. The van der Waals surface area contributed by atoms with Crippen LogP contribution in [0.1, 0.15) is 47.8 Å². The van der Waals surface area contributed by atoms with E-state index < -0.39 is 5.76 Å². The molecule has 1 saturated heterocycles. The van der Waals surface area contributed by atoms with Crippen LogP contribution in [-0.2, 0) is 13.2 Å². The van der Waals surface area contributed by atoms with Crippen molar-refractivity contribution >= 4 is 28.1 Å². The van der Waals surface area contributed by atoms with E-state index in [4.69, 9.17) is 14.2 Å². The number of nitrogens with one attached hydrogen (secondary N) is 1. The van der Waals surface area contributed by atoms with Crippen LogP contribution < -0.4 is 15.4 Å². The monoisotopic (exact) mass is 523 g/mol. The van der Waals surface area contributed by atoms with Crippen LogP contribution in [0.4, 0.5) is 10.3 Å². The number of allylic oxidation sites excluding steroid dienone is 1. The molecule has 0 amide bonds. The number of ether oxygens (including phenoxy) is 1. The molecule has 0 unspecified atom stereocenters. The van der Waals surface area contributed by atoms with Gasteiger partial charge in [0, 0.05) is 30.3 Å². The Balaban J connectivity index is 1.35. The van der Waals surface area contributed by atoms with Gasteiger partial charge in [-0.2, -0.15) is 0 Å². The Labute approximate surface area is 223 Å². The van der Waals surface area contributed by atoms with Crippen molar-refractivity contribution < 1.29 is 13.7 Å². The highest BCUT2D eigenvalue weighted by Gasteiger charge is 2.25. The van der Waals surface area contributed by atoms with Gasteiger partial charge >= 0.3 is 5.76 Å². The first-order chi connectivity index (χ1) is 19.0. The molecule has 2 aliphatic heterocycles. The molecule has 0 radical (unpaired) electrons. The Morgan fingerprint density at radius 1 is 1.05 bits per heavy atom. The number of fused-ring (bicyclic) bond motifs is 3. The van der Waals surface area contributed by atoms with E-state index in [1.165, 1.54) is 25.0 Å². The molecule has 39 heavy (non-hydrogen) atoms. The molecule has 9 heteroatoms. The van der Waals surface area contributed by atoms with E-state index in [-0.39, 0.29) is 12.4 Å². The molecule has 1 fully saturated rings. The van der Waals surface area contributed by atoms with Gasteiger partial charge in [0.15, 0.2) is 5.82 Å². The van der Waals surface area contributed by atoms with Gasteiger partial charge in [-0.25, -0.2) is 14.2 Å². The van der Waals surface area contributed by atoms with E-state index in [0.29, 0.717) is 23.7 Å². The standard InChI is InChI=1S/C30H26FN5O3/c1-18(28-33-30(37)39-34-28)27-22-10-8-19(14-20(22)17-38-26-15-21(31)9-11-23(26)27)16-36-25-7-3-2-6-24(25)32-29(36)35-12-4-5-13-35/h2-3,6-11,14-15H,4-5,12-13,16-17H2,1H3,(H,33,34,37)/b27-18-. The first kappa shape index (κ1) is 23.5. The van der Waals surface area contributed by atoms with Crippen molar-refractivity contribution in [1.29, 1.82) is 0 Å². The number of imidazole rings is 1. The number of H-pyrrole nitrogens is 1. The highest BCUT2D eigenvalue weighted by molar-refractivity contribution is 5.99. The summed E-state index contributed by atoms with van der Waals surface area (Å²) in [5.74, 6) is 0.737. The first-order valence-electron chi connectivity index (χ1n) is 13.1. The number of aromatic nitrogens is 4. The van der Waals surface area contributed by atoms with Crippen molar-refractivity contribution in [3.63, 3.8) is 0 Å². The minimum Gasteiger partial charge on any atom is -0.488 e. The van der Waals surface area contributed by atoms with Gasteiger partial charge in [-0.3, -0.25) is 9.51 Å². The number of halogens is 1. The highest BCUT2D eigenvalue weighted by Crippen LogP contribution is 2.41. The van der Waals surface area contributed by atoms with Gasteiger partial charge < -0.3 is 14.2 Å². The van der Waals surface area contributed by atoms with Gasteiger partial charge in [-0.05, 0) is 72.4 Å². The second-order valence-electron chi connectivity index (χ2n) is 10.0. The van der Waals surface area contributed by atoms with Gasteiger partial charge in [0.2, 0.25) is 5.95 Å². The molecule has 3 aromatic carbocycles. The molecule has 0 aliphatic carbocycles. The highest BCUT2D eigenvalue weighted by atomic mass is 19.1. The summed E-state index contributed by atoms with van der Waals surface area (Å²) in [4.78, 5) is 21.7. The fourth-order valence-corrected chi connectivity index (χ4v) is 5.71. The lowest BCUT2D eigenvalue weighted by Crippen LogP contribution is -2.22. The lowest BCUT2D eigenvalue weighted by atomic mass is 9.89. The van der Waals surface area contributed by atoms with Gasteiger partial charge in [0.1, 0.15) is 18.2 Å². The fourth-order valence-electron chi connectivity index (χ4n) is 5.71. The first-order valence-corrected chi connectivity index (χ1v) is 13.1. The van der Waals surface area contributed by atoms with Crippen molar-refractivity contribution in [2.75, 3.05) is 18.0 Å². The number of hydrogen-bond donors (Lipinski definition) is 1. The summed E-state index contributed by atoms with van der Waals surface area (Å²) in [6.07, 6.45) is 2.34. The second-order valence-corrected chi connectivity index (χ2v) is 10.0. The van der Waals surface area contributed by atoms with E-state index in [1.54, 1.807) is 6.07 Å². The third-order valence-electron chi connectivity index (χ3n) is 7.57. The topological polar surface area (TPSA) is 89.2 Å². The van der Waals surface area contributed by atoms with E-state index >= 15 is 0 Å². The van der Waals surface area contributed by atoms with Crippen LogP contribution in [0, 0.1) is 5.82 Å². The summed E-state index contributed by atoms with van der Waals surface area (Å²) >= 11 is 0. The van der Waals surface area contributed by atoms with E-state index in [9.17, 15) is 9.18 Å². The third-order valence-corrected chi connectivity index (χ3v) is 7.57. The molecule has 4 heterocycles. The molecule has 0 spiro atoms. The lowest BCUT2D eigenvalue weighted by molar-refractivity contribution is 0.305. The molecule has 0 bridgehead atoms. The van der Waals surface area contributed by atoms with E-state index in [1.807, 2.05) is 19.1 Å². The number of hydrogen-bond acceptors (Lipinski definition) is 6. The summed E-state index contributed by atoms with van der Waals surface area (Å²) in [6, 6.07) is 19.0. The molecule has 2 aliphatic rings. The predicted molar refractivity (Wildman–Crippen MR) is 146 cm³/mol. The largest absolute Gasteiger partial charge is 0.488 e. The Kier molecular flexibility index (Phi) is 5.57. The molecule has 0 saturated carbocycles. The normalized spacial score (nSPS) is 16.1. The molecule has 8 nitrogen and oxygen atoms in total. The maximum Gasteiger partial charge on any atom is 0.439 e. The number of benzene rings is 3. The molecule has 1 N–H and O–H groups in total. The molecule has 7 rings (SSSR count). The van der Waals surface area contributed by atoms with Crippen LogP contribution >= 0.6 is 0 Å². The summed E-state index contributed by atoms with van der Waals surface area (Å²) in [5.41, 5.74) is 7.30. The van der Waals surface area contributed by atoms with Crippen molar-refractivity contribution in [3.8, 4) is 5.75 Å². The third kappa shape index (κ3) is 4.10. The van der Waals surface area contributed by atoms with Crippen molar-refractivity contribution in [2.45, 2.75) is 32.9 Å². The smallest absolute Gasteiger partial charge is 0.439 e. The summed E-state index contributed by atoms with van der Waals surface area (Å²) in [7, 11) is 0. The van der Waals surface area contributed by atoms with Gasteiger partial charge in [-0.1, -0.05) is 29.4 Å². The SMILES string of the molecule is C/C(=C1\c2ccc(Cn3c(N4CCCC4)nc4ccccc43)cc2COc2cc(F)ccc21)c1noc(=O)[nH]1. The minimum atomic E-state index is -0.633. The zero-order valence-corrected chi connectivity index (χ0v) is 21.4. The number of anilines is 1. The molecule has 196 valence electrons. The maximum atomic E-state index is 14.2. The van der Waals surface area contributed by atoms with E-state index in [2.05, 4.69) is 49.9 Å². The van der Waals surface area contributed by atoms with Crippen molar-refractivity contribution in [3.05, 3.63) is 105 Å². The zero-order valence-electron chi connectivity index (χ0n) is 21.4. The average molecular weight is 524 g/mol. The zero-order chi connectivity index (χ0) is 26.5. The quantitative estimate of drug-likeness (QED) is 0.341. The Hall–Kier alpha value is -4.66. The summed E-state index contributed by atoms with van der Waals surface area (Å²) in [6.45, 7) is 4.80. The number of nitrogens with zero attached hydrogens (tertiary/aromatic N) is 4. The molecule has 2 aromatic heterocycles. The van der Waals surface area contributed by atoms with Crippen LogP contribution in [0.15, 0.2) is 70.0 Å². The summed E-state index contributed by atoms with van der Waals surface area (Å²) < 4.78 is 27.4. The maximum absolute atomic E-state index is 14.2. The predicted octanol–water partition coefficient (Wildman–Crippen LogP) is 5.37. The van der Waals surface area contributed by atoms with Gasteiger partial charge in [0.25, 0.3) is 0 Å². The Morgan fingerprint density at radius 2 is 1.87 bits per heavy atom. The van der Waals surface area contributed by atoms with Crippen LogP contribution in [0.3, 0.4) is 0 Å². The second kappa shape index (κ2) is 9.27. The number of rotatable bonds is 4. The van der Waals surface area contributed by atoms with Crippen LogP contribution in [-0.4, -0.2) is 32.8 Å². The number of para-hydroxylation sites is 2. The molecule has 5 aromatic rings. The summed E-state index contributed by atoms with van der Waals surface area (Å²) in [5, 5.41) is 3.90. The Bertz CT molecular complexity index is 1810. The van der Waals surface area contributed by atoms with E-state index in [0.717, 1.165) is 57.9 Å². The lowest BCUT2D eigenvalue weighted by Gasteiger charge is -2.19. The average Bonchev–Trinajstić information content (AvgIpc) is 3.68. The van der Waals surface area contributed by atoms with Gasteiger partial charge in [-0.15, -0.1) is 0 Å². The van der Waals surface area contributed by atoms with Crippen LogP contribution in [0.2, 0.25) is 0 Å². The molecular formula is C30H26FN5O3. The van der Waals surface area contributed by atoms with Crippen LogP contribution in [0.5, 0.6) is 5.75 Å². The van der Waals surface area contributed by atoms with Crippen LogP contribution in [0.25, 0.3) is 22.2 Å². The fraction of sp³-hybridized carbons (Fsp3) is 0.233. The minimum absolute atomic E-state index is 0.273. The van der Waals surface area contributed by atoms with Crippen molar-refractivity contribution in [2.24, 2.45) is 0 Å².